The van der Waals surface area contributed by atoms with Crippen LogP contribution in [0.3, 0.4) is 0 Å². The van der Waals surface area contributed by atoms with Gasteiger partial charge in [0.05, 0.1) is 6.21 Å². The molecule has 1 aromatic rings. The fourth-order valence-electron chi connectivity index (χ4n) is 0.798. The van der Waals surface area contributed by atoms with E-state index < -0.39 is 11.5 Å². The lowest BCUT2D eigenvalue weighted by Crippen LogP contribution is -1.84. The summed E-state index contributed by atoms with van der Waals surface area (Å²) >= 11 is 0. The van der Waals surface area contributed by atoms with Gasteiger partial charge in [-0.25, -0.2) is 0 Å². The zero-order chi connectivity index (χ0) is 9.84. The summed E-state index contributed by atoms with van der Waals surface area (Å²) in [4.78, 5) is 4.39. The second-order valence-electron chi connectivity index (χ2n) is 2.29. The van der Waals surface area contributed by atoms with Gasteiger partial charge in [-0.2, -0.15) is 0 Å². The van der Waals surface area contributed by atoms with Crippen LogP contribution in [0, 0.1) is 0 Å². The van der Waals surface area contributed by atoms with Crippen LogP contribution < -0.4 is 0 Å². The lowest BCUT2D eigenvalue weighted by Gasteiger charge is -2.02. The van der Waals surface area contributed by atoms with E-state index >= 15 is 0 Å². The molecule has 0 atom stereocenters. The van der Waals surface area contributed by atoms with Crippen molar-refractivity contribution in [1.29, 1.82) is 0 Å². The van der Waals surface area contributed by atoms with E-state index in [9.17, 15) is 5.11 Å². The first-order valence-corrected chi connectivity index (χ1v) is 3.47. The molecule has 0 bridgehead atoms. The summed E-state index contributed by atoms with van der Waals surface area (Å²) in [6.45, 7) is 0. The van der Waals surface area contributed by atoms with Gasteiger partial charge in [0.25, 0.3) is 0 Å². The summed E-state index contributed by atoms with van der Waals surface area (Å²) in [6.07, 6.45) is 1.22. The zero-order valence-corrected chi connectivity index (χ0v) is 6.93. The molecule has 0 aliphatic heterocycles. The Bertz CT molecular complexity index is 335. The minimum atomic E-state index is -0.569. The summed E-state index contributed by atoms with van der Waals surface area (Å²) in [5.41, 5.74) is 0.261. The molecule has 0 spiro atoms. The second-order valence-corrected chi connectivity index (χ2v) is 2.29. The maximum atomic E-state index is 9.25. The largest absolute Gasteiger partial charge is 0.504 e. The fraction of sp³-hybridized carbons (Fsp3) is 0.125. The Balaban J connectivity index is 3.11. The third kappa shape index (κ3) is 1.81. The summed E-state index contributed by atoms with van der Waals surface area (Å²) in [6, 6.07) is 2.64. The molecule has 0 fully saturated rings. The van der Waals surface area contributed by atoms with Crippen LogP contribution >= 0.6 is 0 Å². The van der Waals surface area contributed by atoms with Gasteiger partial charge in [-0.1, -0.05) is 5.16 Å². The molecule has 0 saturated heterocycles. The number of phenols is 3. The van der Waals surface area contributed by atoms with Crippen LogP contribution in [0.5, 0.6) is 17.2 Å². The highest BCUT2D eigenvalue weighted by atomic mass is 16.6. The van der Waals surface area contributed by atoms with Crippen LogP contribution in [0.25, 0.3) is 0 Å². The van der Waals surface area contributed by atoms with E-state index in [2.05, 4.69) is 9.99 Å². The first-order valence-electron chi connectivity index (χ1n) is 3.47. The average Bonchev–Trinajstić information content (AvgIpc) is 2.13. The van der Waals surface area contributed by atoms with Gasteiger partial charge in [-0.15, -0.1) is 0 Å². The highest BCUT2D eigenvalue weighted by molar-refractivity contribution is 5.85. The molecule has 5 heteroatoms. The number of aromatic hydroxyl groups is 3. The molecule has 1 rings (SSSR count). The number of nitrogens with zero attached hydrogens (tertiary/aromatic N) is 1. The molecule has 70 valence electrons. The van der Waals surface area contributed by atoms with Gasteiger partial charge in [-0.05, 0) is 12.1 Å². The first kappa shape index (κ1) is 9.18. The van der Waals surface area contributed by atoms with Gasteiger partial charge in [0.1, 0.15) is 7.11 Å². The predicted octanol–water partition coefficient (Wildman–Crippen LogP) is 0.784. The van der Waals surface area contributed by atoms with E-state index in [1.165, 1.54) is 25.5 Å². The number of rotatable bonds is 2. The Hall–Kier alpha value is -1.91. The Kier molecular flexibility index (Phi) is 2.59. The van der Waals surface area contributed by atoms with Gasteiger partial charge in [-0.3, -0.25) is 0 Å². The number of hydrogen-bond donors (Lipinski definition) is 3. The molecule has 0 radical (unpaired) electrons. The summed E-state index contributed by atoms with van der Waals surface area (Å²) < 4.78 is 0. The molecule has 0 heterocycles. The van der Waals surface area contributed by atoms with Crippen LogP contribution in [0.4, 0.5) is 0 Å². The summed E-state index contributed by atoms with van der Waals surface area (Å²) in [5, 5.41) is 30.7. The van der Waals surface area contributed by atoms with Crippen molar-refractivity contribution >= 4 is 6.21 Å². The first-order chi connectivity index (χ1) is 6.16. The van der Waals surface area contributed by atoms with Crippen molar-refractivity contribution in [1.82, 2.24) is 0 Å². The highest BCUT2D eigenvalue weighted by Crippen LogP contribution is 2.36. The fourth-order valence-corrected chi connectivity index (χ4v) is 0.798. The average molecular weight is 183 g/mol. The van der Waals surface area contributed by atoms with Gasteiger partial charge < -0.3 is 20.2 Å². The third-order valence-corrected chi connectivity index (χ3v) is 1.46. The lowest BCUT2D eigenvalue weighted by atomic mass is 10.2. The number of hydrogen-bond acceptors (Lipinski definition) is 5. The Labute approximate surface area is 74.5 Å². The van der Waals surface area contributed by atoms with E-state index in [0.717, 1.165) is 0 Å². The molecule has 0 amide bonds. The molecule has 0 unspecified atom stereocenters. The number of benzene rings is 1. The Morgan fingerprint density at radius 2 is 1.92 bits per heavy atom. The quantitative estimate of drug-likeness (QED) is 0.359. The molecule has 0 aliphatic carbocycles. The van der Waals surface area contributed by atoms with Crippen molar-refractivity contribution in [2.75, 3.05) is 7.11 Å². The number of phenolic OH excluding ortho intramolecular Hbond substituents is 3. The smallest absolute Gasteiger partial charge is 0.200 e. The van der Waals surface area contributed by atoms with Crippen molar-refractivity contribution < 1.29 is 20.2 Å². The van der Waals surface area contributed by atoms with Gasteiger partial charge in [0.2, 0.25) is 5.75 Å². The third-order valence-electron chi connectivity index (χ3n) is 1.46. The molecular weight excluding hydrogens is 174 g/mol. The normalized spacial score (nSPS) is 10.5. The minimum absolute atomic E-state index is 0.261. The van der Waals surface area contributed by atoms with Crippen molar-refractivity contribution in [3.8, 4) is 17.2 Å². The van der Waals surface area contributed by atoms with Crippen LogP contribution in [0.1, 0.15) is 5.56 Å². The van der Waals surface area contributed by atoms with E-state index in [1.807, 2.05) is 0 Å². The maximum absolute atomic E-state index is 9.25. The van der Waals surface area contributed by atoms with Crippen LogP contribution in [-0.2, 0) is 4.84 Å². The summed E-state index contributed by atoms with van der Waals surface area (Å²) in [7, 11) is 1.35. The molecular formula is C8H9NO4. The zero-order valence-electron chi connectivity index (χ0n) is 6.93. The van der Waals surface area contributed by atoms with E-state index in [0.29, 0.717) is 0 Å². The monoisotopic (exact) mass is 183 g/mol. The van der Waals surface area contributed by atoms with Crippen LogP contribution in [-0.4, -0.2) is 28.6 Å². The van der Waals surface area contributed by atoms with E-state index in [4.69, 9.17) is 10.2 Å². The van der Waals surface area contributed by atoms with Crippen LogP contribution in [0.15, 0.2) is 17.3 Å². The molecule has 0 aromatic heterocycles. The van der Waals surface area contributed by atoms with E-state index in [1.54, 1.807) is 0 Å². The second kappa shape index (κ2) is 3.66. The Morgan fingerprint density at radius 3 is 2.54 bits per heavy atom. The predicted molar refractivity (Wildman–Crippen MR) is 46.0 cm³/mol. The molecule has 3 N–H and O–H groups in total. The molecule has 0 aliphatic rings. The number of oxime groups is 1. The van der Waals surface area contributed by atoms with Crippen molar-refractivity contribution in [3.63, 3.8) is 0 Å². The SMILES string of the molecule is CO/N=C/c1ccc(O)c(O)c1O. The maximum Gasteiger partial charge on any atom is 0.200 e. The van der Waals surface area contributed by atoms with Crippen molar-refractivity contribution in [3.05, 3.63) is 17.7 Å². The highest BCUT2D eigenvalue weighted by Gasteiger charge is 2.08. The van der Waals surface area contributed by atoms with E-state index in [-0.39, 0.29) is 11.3 Å². The molecule has 13 heavy (non-hydrogen) atoms. The molecule has 0 saturated carbocycles. The molecule has 5 nitrogen and oxygen atoms in total. The van der Waals surface area contributed by atoms with Crippen molar-refractivity contribution in [2.45, 2.75) is 0 Å². The molecule has 1 aromatic carbocycles. The minimum Gasteiger partial charge on any atom is -0.504 e. The van der Waals surface area contributed by atoms with Crippen LogP contribution in [0.2, 0.25) is 0 Å². The standard InChI is InChI=1S/C8H9NO4/c1-13-9-4-5-2-3-6(10)8(12)7(5)11/h2-4,10-12H,1H3/b9-4+. The van der Waals surface area contributed by atoms with Crippen molar-refractivity contribution in [2.24, 2.45) is 5.16 Å². The lowest BCUT2D eigenvalue weighted by molar-refractivity contribution is 0.215. The van der Waals surface area contributed by atoms with Gasteiger partial charge in [0, 0.05) is 5.56 Å². The Morgan fingerprint density at radius 1 is 1.23 bits per heavy atom. The topological polar surface area (TPSA) is 82.3 Å². The summed E-state index contributed by atoms with van der Waals surface area (Å²) in [5.74, 6) is -1.38. The van der Waals surface area contributed by atoms with Gasteiger partial charge >= 0.3 is 0 Å². The van der Waals surface area contributed by atoms with Gasteiger partial charge in [0.15, 0.2) is 11.5 Å².